The average Bonchev–Trinajstić information content (AvgIpc) is 3.38. The first-order valence-corrected chi connectivity index (χ1v) is 14.6. The predicted octanol–water partition coefficient (Wildman–Crippen LogP) is 3.16. The lowest BCUT2D eigenvalue weighted by molar-refractivity contribution is -0.0994. The highest BCUT2D eigenvalue weighted by Gasteiger charge is 2.48. The van der Waals surface area contributed by atoms with E-state index in [1.165, 1.54) is 17.9 Å². The highest BCUT2D eigenvalue weighted by molar-refractivity contribution is 5.49. The van der Waals surface area contributed by atoms with Crippen molar-refractivity contribution in [2.75, 3.05) is 41.2 Å². The molecule has 5 rings (SSSR count). The Kier molecular flexibility index (Phi) is 10.2. The number of hydrogen-bond acceptors (Lipinski definition) is 9. The van der Waals surface area contributed by atoms with Gasteiger partial charge < -0.3 is 33.5 Å². The van der Waals surface area contributed by atoms with Crippen molar-refractivity contribution in [3.8, 4) is 11.5 Å². The summed E-state index contributed by atoms with van der Waals surface area (Å²) in [6.07, 6.45) is -2.70. The van der Waals surface area contributed by atoms with Gasteiger partial charge >= 0.3 is 5.69 Å². The normalized spacial score (nSPS) is 19.8. The topological polar surface area (TPSA) is 130 Å². The second kappa shape index (κ2) is 14.2. The minimum atomic E-state index is -1.19. The van der Waals surface area contributed by atoms with Gasteiger partial charge in [0.25, 0.3) is 5.56 Å². The molecular weight excluding hydrogens is 580 g/mol. The lowest BCUT2D eigenvalue weighted by Gasteiger charge is -2.37. The van der Waals surface area contributed by atoms with E-state index in [2.05, 4.69) is 4.98 Å². The summed E-state index contributed by atoms with van der Waals surface area (Å²) in [5.74, 6) is 1.37. The molecule has 4 atom stereocenters. The van der Waals surface area contributed by atoms with Crippen molar-refractivity contribution in [2.24, 2.45) is 0 Å². The Hall–Kier alpha value is -4.26. The molecule has 1 fully saturated rings. The van der Waals surface area contributed by atoms with Crippen LogP contribution in [0.25, 0.3) is 0 Å². The molecule has 0 radical (unpaired) electrons. The van der Waals surface area contributed by atoms with Gasteiger partial charge in [0.1, 0.15) is 35.4 Å². The minimum absolute atomic E-state index is 0.0914. The molecule has 0 amide bonds. The number of rotatable bonds is 13. The molecule has 11 heteroatoms. The van der Waals surface area contributed by atoms with Crippen LogP contribution in [0.5, 0.6) is 11.5 Å². The highest BCUT2D eigenvalue weighted by atomic mass is 16.6. The van der Waals surface area contributed by atoms with Crippen LogP contribution in [0.2, 0.25) is 0 Å². The van der Waals surface area contributed by atoms with Crippen molar-refractivity contribution < 1.29 is 33.5 Å². The van der Waals surface area contributed by atoms with Gasteiger partial charge in [-0.2, -0.15) is 0 Å². The van der Waals surface area contributed by atoms with Crippen LogP contribution in [0.15, 0.2) is 94.6 Å². The van der Waals surface area contributed by atoms with Crippen LogP contribution < -0.4 is 20.7 Å². The van der Waals surface area contributed by atoms with Crippen molar-refractivity contribution >= 4 is 0 Å². The number of benzene rings is 3. The van der Waals surface area contributed by atoms with E-state index in [1.54, 1.807) is 21.1 Å². The Bertz CT molecular complexity index is 1610. The number of nitrogens with one attached hydrogen (secondary N) is 1. The van der Waals surface area contributed by atoms with E-state index in [-0.39, 0.29) is 19.8 Å². The van der Waals surface area contributed by atoms with Crippen molar-refractivity contribution in [3.63, 3.8) is 0 Å². The maximum absolute atomic E-state index is 12.9. The summed E-state index contributed by atoms with van der Waals surface area (Å²) < 4.78 is 36.4. The van der Waals surface area contributed by atoms with Crippen molar-refractivity contribution in [2.45, 2.75) is 37.1 Å². The molecule has 2 N–H and O–H groups in total. The SMILES string of the molecule is COCCO[C@@H]1[C@@H](O)[C@@H](COC(c2ccccc2)(c2ccc(OC)cc2)c2ccc(OC)cc2)O[C@H]1n1cc(C)c(=O)[nH]c1=O. The Morgan fingerprint density at radius 1 is 0.844 bits per heavy atom. The molecule has 0 saturated carbocycles. The second-order valence-corrected chi connectivity index (χ2v) is 10.7. The zero-order chi connectivity index (χ0) is 32.0. The van der Waals surface area contributed by atoms with Gasteiger partial charge in [-0.05, 0) is 47.9 Å². The van der Waals surface area contributed by atoms with Crippen molar-refractivity contribution in [3.05, 3.63) is 128 Å². The molecule has 0 aliphatic carbocycles. The molecule has 2 heterocycles. The Morgan fingerprint density at radius 3 is 1.98 bits per heavy atom. The van der Waals surface area contributed by atoms with E-state index in [1.807, 2.05) is 78.9 Å². The quantitative estimate of drug-likeness (QED) is 0.171. The molecule has 1 aliphatic heterocycles. The van der Waals surface area contributed by atoms with Gasteiger partial charge in [-0.25, -0.2) is 4.79 Å². The van der Waals surface area contributed by atoms with Crippen LogP contribution in [0.1, 0.15) is 28.5 Å². The van der Waals surface area contributed by atoms with E-state index < -0.39 is 41.4 Å². The minimum Gasteiger partial charge on any atom is -0.497 e. The molecule has 4 aromatic rings. The molecule has 0 bridgehead atoms. The molecule has 238 valence electrons. The molecule has 0 spiro atoms. The van der Waals surface area contributed by atoms with E-state index in [9.17, 15) is 14.7 Å². The Labute approximate surface area is 260 Å². The summed E-state index contributed by atoms with van der Waals surface area (Å²) in [4.78, 5) is 27.2. The van der Waals surface area contributed by atoms with Gasteiger partial charge in [-0.15, -0.1) is 0 Å². The van der Waals surface area contributed by atoms with Gasteiger partial charge in [0, 0.05) is 18.9 Å². The van der Waals surface area contributed by atoms with Gasteiger partial charge in [0.2, 0.25) is 0 Å². The summed E-state index contributed by atoms with van der Waals surface area (Å²) in [6, 6.07) is 24.9. The Morgan fingerprint density at radius 2 is 1.42 bits per heavy atom. The van der Waals surface area contributed by atoms with E-state index >= 15 is 0 Å². The zero-order valence-corrected chi connectivity index (χ0v) is 25.7. The summed E-state index contributed by atoms with van der Waals surface area (Å²) in [5, 5.41) is 11.5. The fraction of sp³-hybridized carbons (Fsp3) is 0.353. The summed E-state index contributed by atoms with van der Waals surface area (Å²) >= 11 is 0. The maximum Gasteiger partial charge on any atom is 0.330 e. The number of hydrogen-bond donors (Lipinski definition) is 2. The largest absolute Gasteiger partial charge is 0.497 e. The molecule has 1 aromatic heterocycles. The molecule has 1 saturated heterocycles. The molecule has 11 nitrogen and oxygen atoms in total. The smallest absolute Gasteiger partial charge is 0.330 e. The number of nitrogens with zero attached hydrogens (tertiary/aromatic N) is 1. The van der Waals surface area contributed by atoms with Gasteiger partial charge in [-0.3, -0.25) is 14.3 Å². The first-order chi connectivity index (χ1) is 21.8. The summed E-state index contributed by atoms with van der Waals surface area (Å²) in [6.45, 7) is 1.91. The Balaban J connectivity index is 1.56. The average molecular weight is 619 g/mol. The molecule has 0 unspecified atom stereocenters. The van der Waals surface area contributed by atoms with Crippen LogP contribution in [0.4, 0.5) is 0 Å². The number of aliphatic hydroxyl groups excluding tert-OH is 1. The van der Waals surface area contributed by atoms with Crippen molar-refractivity contribution in [1.82, 2.24) is 9.55 Å². The van der Waals surface area contributed by atoms with E-state index in [0.29, 0.717) is 17.1 Å². The highest BCUT2D eigenvalue weighted by Crippen LogP contribution is 2.43. The number of methoxy groups -OCH3 is 3. The van der Waals surface area contributed by atoms with Crippen molar-refractivity contribution in [1.29, 1.82) is 0 Å². The van der Waals surface area contributed by atoms with Crippen LogP contribution >= 0.6 is 0 Å². The first-order valence-electron chi connectivity index (χ1n) is 14.6. The van der Waals surface area contributed by atoms with Gasteiger partial charge in [0.05, 0.1) is 34.0 Å². The maximum atomic E-state index is 12.9. The fourth-order valence-electron chi connectivity index (χ4n) is 5.58. The standard InChI is InChI=1S/C34H38N2O9/c1-22-20-36(33(39)35-31(22)38)32-30(43-19-18-40-2)29(37)28(45-32)21-44-34(23-8-6-5-7-9-23,24-10-14-26(41-3)15-11-24)25-12-16-27(42-4)17-13-25/h5-17,20,28-30,32,37H,18-19,21H2,1-4H3,(H,35,38,39)/t28-,29+,30-,32-/m1/s1. The van der Waals surface area contributed by atoms with Crippen LogP contribution in [-0.4, -0.2) is 74.1 Å². The fourth-order valence-corrected chi connectivity index (χ4v) is 5.58. The number of aromatic nitrogens is 2. The second-order valence-electron chi connectivity index (χ2n) is 10.7. The summed E-state index contributed by atoms with van der Waals surface area (Å²) in [5.41, 5.74) is 0.430. The number of aliphatic hydroxyl groups is 1. The number of H-pyrrole nitrogens is 1. The molecule has 45 heavy (non-hydrogen) atoms. The third-order valence-corrected chi connectivity index (χ3v) is 7.97. The van der Waals surface area contributed by atoms with E-state index in [4.69, 9.17) is 28.4 Å². The predicted molar refractivity (Wildman–Crippen MR) is 166 cm³/mol. The zero-order valence-electron chi connectivity index (χ0n) is 25.7. The molecule has 1 aliphatic rings. The first kappa shape index (κ1) is 32.1. The monoisotopic (exact) mass is 618 g/mol. The number of aryl methyl sites for hydroxylation is 1. The molecule has 3 aromatic carbocycles. The lowest BCUT2D eigenvalue weighted by Crippen LogP contribution is -2.41. The van der Waals surface area contributed by atoms with Crippen LogP contribution in [-0.2, 0) is 24.5 Å². The van der Waals surface area contributed by atoms with Crippen LogP contribution in [0.3, 0.4) is 0 Å². The third-order valence-electron chi connectivity index (χ3n) is 7.97. The third kappa shape index (κ3) is 6.58. The van der Waals surface area contributed by atoms with Crippen LogP contribution in [0, 0.1) is 6.92 Å². The summed E-state index contributed by atoms with van der Waals surface area (Å²) in [7, 11) is 4.75. The lowest BCUT2D eigenvalue weighted by atomic mass is 9.80. The number of aromatic amines is 1. The van der Waals surface area contributed by atoms with Gasteiger partial charge in [0.15, 0.2) is 6.23 Å². The number of ether oxygens (including phenoxy) is 6. The van der Waals surface area contributed by atoms with E-state index in [0.717, 1.165) is 16.7 Å². The van der Waals surface area contributed by atoms with Gasteiger partial charge in [-0.1, -0.05) is 54.6 Å². The molecular formula is C34H38N2O9.